The number of benzene rings is 1. The predicted molar refractivity (Wildman–Crippen MR) is 119 cm³/mol. The van der Waals surface area contributed by atoms with Crippen LogP contribution in [0.4, 0.5) is 11.5 Å². The van der Waals surface area contributed by atoms with Gasteiger partial charge in [-0.05, 0) is 29.7 Å². The van der Waals surface area contributed by atoms with Crippen molar-refractivity contribution in [1.82, 2.24) is 20.5 Å². The van der Waals surface area contributed by atoms with Crippen LogP contribution in [0.1, 0.15) is 34.3 Å². The summed E-state index contributed by atoms with van der Waals surface area (Å²) in [6.45, 7) is 4.68. The first kappa shape index (κ1) is 20.4. The van der Waals surface area contributed by atoms with E-state index in [1.54, 1.807) is 4.90 Å². The molecule has 3 aliphatic heterocycles. The van der Waals surface area contributed by atoms with E-state index >= 15 is 0 Å². The number of hydrogen-bond donors (Lipinski definition) is 3. The fraction of sp³-hybridized carbons (Fsp3) is 0.391. The normalized spacial score (nSPS) is 20.9. The number of rotatable bonds is 5. The minimum atomic E-state index is -0.602. The second-order valence-electron chi connectivity index (χ2n) is 8.35. The second kappa shape index (κ2) is 8.58. The zero-order valence-corrected chi connectivity index (χ0v) is 17.8. The quantitative estimate of drug-likeness (QED) is 0.600. The Morgan fingerprint density at radius 3 is 2.69 bits per heavy atom. The van der Waals surface area contributed by atoms with Gasteiger partial charge in [0.1, 0.15) is 11.9 Å². The van der Waals surface area contributed by atoms with Crippen LogP contribution < -0.4 is 20.9 Å². The molecular weight excluding hydrogens is 408 g/mol. The van der Waals surface area contributed by atoms with Gasteiger partial charge in [-0.25, -0.2) is 4.98 Å². The van der Waals surface area contributed by atoms with Gasteiger partial charge in [0.15, 0.2) is 0 Å². The van der Waals surface area contributed by atoms with Crippen molar-refractivity contribution in [2.45, 2.75) is 32.0 Å². The van der Waals surface area contributed by atoms with E-state index in [9.17, 15) is 14.4 Å². The van der Waals surface area contributed by atoms with E-state index in [0.717, 1.165) is 48.8 Å². The number of pyridine rings is 1. The number of aromatic nitrogens is 1. The number of piperazine rings is 1. The molecule has 2 aromatic rings. The van der Waals surface area contributed by atoms with E-state index in [1.807, 2.05) is 36.5 Å². The molecule has 2 saturated heterocycles. The largest absolute Gasteiger partial charge is 0.380 e. The van der Waals surface area contributed by atoms with Gasteiger partial charge in [0.05, 0.1) is 11.9 Å². The molecule has 0 spiro atoms. The first-order valence-corrected chi connectivity index (χ1v) is 11.0. The van der Waals surface area contributed by atoms with Gasteiger partial charge in [-0.3, -0.25) is 19.7 Å². The van der Waals surface area contributed by atoms with Crippen molar-refractivity contribution in [2.24, 2.45) is 0 Å². The van der Waals surface area contributed by atoms with E-state index in [0.29, 0.717) is 25.1 Å². The number of amides is 3. The number of hydrogen-bond acceptors (Lipinski definition) is 7. The third-order valence-electron chi connectivity index (χ3n) is 6.31. The lowest BCUT2D eigenvalue weighted by Crippen LogP contribution is -2.52. The molecule has 0 radical (unpaired) electrons. The molecule has 3 aliphatic rings. The van der Waals surface area contributed by atoms with Gasteiger partial charge in [0.2, 0.25) is 11.8 Å². The summed E-state index contributed by atoms with van der Waals surface area (Å²) in [7, 11) is 0. The van der Waals surface area contributed by atoms with E-state index in [4.69, 9.17) is 0 Å². The van der Waals surface area contributed by atoms with E-state index in [1.165, 1.54) is 0 Å². The van der Waals surface area contributed by atoms with Crippen LogP contribution in [-0.2, 0) is 22.7 Å². The number of anilines is 2. The Kier molecular flexibility index (Phi) is 5.48. The molecule has 1 aromatic heterocycles. The molecule has 4 heterocycles. The molecule has 1 aromatic carbocycles. The highest BCUT2D eigenvalue weighted by molar-refractivity contribution is 6.06. The number of nitrogens with zero attached hydrogens (tertiary/aromatic N) is 3. The molecule has 3 amide bonds. The Hall–Kier alpha value is -3.46. The highest BCUT2D eigenvalue weighted by atomic mass is 16.2. The van der Waals surface area contributed by atoms with Crippen LogP contribution >= 0.6 is 0 Å². The number of carbonyl (C=O) groups is 3. The molecule has 3 N–H and O–H groups in total. The van der Waals surface area contributed by atoms with Crippen molar-refractivity contribution in [3.63, 3.8) is 0 Å². The molecule has 5 rings (SSSR count). The van der Waals surface area contributed by atoms with Crippen molar-refractivity contribution in [2.75, 3.05) is 36.4 Å². The Balaban J connectivity index is 1.27. The minimum absolute atomic E-state index is 0.154. The third-order valence-corrected chi connectivity index (χ3v) is 6.31. The summed E-state index contributed by atoms with van der Waals surface area (Å²) >= 11 is 0. The molecule has 32 heavy (non-hydrogen) atoms. The molecule has 166 valence electrons. The highest BCUT2D eigenvalue weighted by Gasteiger charge is 2.39. The maximum atomic E-state index is 13.2. The fourth-order valence-corrected chi connectivity index (χ4v) is 4.61. The third kappa shape index (κ3) is 3.91. The zero-order chi connectivity index (χ0) is 22.1. The molecule has 9 nitrogen and oxygen atoms in total. The molecule has 0 saturated carbocycles. The van der Waals surface area contributed by atoms with Gasteiger partial charge in [0.25, 0.3) is 5.91 Å². The van der Waals surface area contributed by atoms with Crippen LogP contribution in [0.15, 0.2) is 36.5 Å². The molecule has 1 atom stereocenters. The van der Waals surface area contributed by atoms with Crippen molar-refractivity contribution >= 4 is 29.2 Å². The summed E-state index contributed by atoms with van der Waals surface area (Å²) in [5, 5.41) is 9.04. The first-order chi connectivity index (χ1) is 15.6. The maximum absolute atomic E-state index is 13.2. The summed E-state index contributed by atoms with van der Waals surface area (Å²) < 4.78 is 0. The molecule has 2 fully saturated rings. The van der Waals surface area contributed by atoms with Gasteiger partial charge in [-0.1, -0.05) is 18.2 Å². The van der Waals surface area contributed by atoms with Crippen LogP contribution in [0.2, 0.25) is 0 Å². The first-order valence-electron chi connectivity index (χ1n) is 11.0. The van der Waals surface area contributed by atoms with Crippen LogP contribution in [0, 0.1) is 0 Å². The average molecular weight is 435 g/mol. The van der Waals surface area contributed by atoms with Gasteiger partial charge in [-0.2, -0.15) is 0 Å². The summed E-state index contributed by atoms with van der Waals surface area (Å²) in [6, 6.07) is 9.20. The van der Waals surface area contributed by atoms with Crippen molar-refractivity contribution in [3.05, 3.63) is 53.2 Å². The summed E-state index contributed by atoms with van der Waals surface area (Å²) in [6.07, 6.45) is 2.43. The summed E-state index contributed by atoms with van der Waals surface area (Å²) in [5.41, 5.74) is 3.32. The average Bonchev–Trinajstić information content (AvgIpc) is 3.15. The van der Waals surface area contributed by atoms with Crippen LogP contribution in [0.3, 0.4) is 0 Å². The topological polar surface area (TPSA) is 107 Å². The van der Waals surface area contributed by atoms with Gasteiger partial charge in [0, 0.05) is 51.3 Å². The molecule has 0 aliphatic carbocycles. The van der Waals surface area contributed by atoms with Gasteiger partial charge >= 0.3 is 0 Å². The number of fused-ring (bicyclic) bond motifs is 1. The SMILES string of the molecule is O=C1CCC(N2Cc3cccc(CNc4ccc(N5CCNCC5)nc4)c3C2=O)C(=O)N1. The van der Waals surface area contributed by atoms with E-state index in [-0.39, 0.29) is 18.2 Å². The number of carbonyl (C=O) groups excluding carboxylic acids is 3. The fourth-order valence-electron chi connectivity index (χ4n) is 4.61. The lowest BCUT2D eigenvalue weighted by atomic mass is 10.0. The Bertz CT molecular complexity index is 1050. The Morgan fingerprint density at radius 2 is 1.94 bits per heavy atom. The monoisotopic (exact) mass is 434 g/mol. The van der Waals surface area contributed by atoms with Crippen molar-refractivity contribution < 1.29 is 14.4 Å². The van der Waals surface area contributed by atoms with E-state index < -0.39 is 11.9 Å². The maximum Gasteiger partial charge on any atom is 0.255 e. The smallest absolute Gasteiger partial charge is 0.255 e. The lowest BCUT2D eigenvalue weighted by molar-refractivity contribution is -0.136. The number of nitrogens with one attached hydrogen (secondary N) is 3. The van der Waals surface area contributed by atoms with Crippen molar-refractivity contribution in [3.8, 4) is 0 Å². The number of piperidine rings is 1. The lowest BCUT2D eigenvalue weighted by Gasteiger charge is -2.29. The summed E-state index contributed by atoms with van der Waals surface area (Å²) in [4.78, 5) is 45.3. The molecule has 9 heteroatoms. The van der Waals surface area contributed by atoms with Gasteiger partial charge < -0.3 is 20.4 Å². The Morgan fingerprint density at radius 1 is 1.09 bits per heavy atom. The van der Waals surface area contributed by atoms with Crippen LogP contribution in [-0.4, -0.2) is 59.8 Å². The second-order valence-corrected chi connectivity index (χ2v) is 8.35. The summed E-state index contributed by atoms with van der Waals surface area (Å²) in [5.74, 6) is 0.140. The van der Waals surface area contributed by atoms with Gasteiger partial charge in [-0.15, -0.1) is 0 Å². The highest BCUT2D eigenvalue weighted by Crippen LogP contribution is 2.30. The standard InChI is InChI=1S/C23H26N6O3/c30-20-7-5-18(22(31)27-20)29-14-16-3-1-2-15(21(16)23(29)32)12-25-17-4-6-19(26-13-17)28-10-8-24-9-11-28/h1-4,6,13,18,24-25H,5,7-12,14H2,(H,27,30,31). The molecule has 0 bridgehead atoms. The van der Waals surface area contributed by atoms with Crippen molar-refractivity contribution in [1.29, 1.82) is 0 Å². The zero-order valence-electron chi connectivity index (χ0n) is 17.8. The minimum Gasteiger partial charge on any atom is -0.380 e. The Labute approximate surface area is 186 Å². The number of imide groups is 1. The molecule has 1 unspecified atom stereocenters. The molecular formula is C23H26N6O3. The van der Waals surface area contributed by atoms with Crippen LogP contribution in [0.25, 0.3) is 0 Å². The predicted octanol–water partition coefficient (Wildman–Crippen LogP) is 0.864. The van der Waals surface area contributed by atoms with Crippen LogP contribution in [0.5, 0.6) is 0 Å². The van der Waals surface area contributed by atoms with E-state index in [2.05, 4.69) is 25.8 Å².